The summed E-state index contributed by atoms with van der Waals surface area (Å²) in [5.41, 5.74) is 1.68. The van der Waals surface area contributed by atoms with E-state index < -0.39 is 0 Å². The van der Waals surface area contributed by atoms with Crippen molar-refractivity contribution in [3.63, 3.8) is 0 Å². The normalized spacial score (nSPS) is 19.4. The van der Waals surface area contributed by atoms with Crippen LogP contribution in [0.25, 0.3) is 11.0 Å². The van der Waals surface area contributed by atoms with Crippen molar-refractivity contribution in [2.45, 2.75) is 32.1 Å². The van der Waals surface area contributed by atoms with E-state index >= 15 is 0 Å². The minimum Gasteiger partial charge on any atom is -0.341 e. The maximum atomic E-state index is 12.8. The summed E-state index contributed by atoms with van der Waals surface area (Å²) in [5, 5.41) is 0. The third-order valence-corrected chi connectivity index (χ3v) is 5.39. The van der Waals surface area contributed by atoms with Crippen LogP contribution in [0.1, 0.15) is 42.7 Å². The molecule has 2 amide bonds. The molecule has 1 aliphatic heterocycles. The lowest BCUT2D eigenvalue weighted by Crippen LogP contribution is -2.39. The minimum atomic E-state index is -0.0774. The number of aromatic nitrogens is 2. The number of benzene rings is 1. The Balaban J connectivity index is 1.43. The van der Waals surface area contributed by atoms with E-state index in [9.17, 15) is 9.59 Å². The first-order chi connectivity index (χ1) is 12.2. The number of hydrogen-bond donors (Lipinski definition) is 1. The second-order valence-corrected chi connectivity index (χ2v) is 7.05. The molecule has 0 spiro atoms. The molecule has 1 saturated carbocycles. The molecule has 1 aromatic carbocycles. The molecule has 6 nitrogen and oxygen atoms in total. The van der Waals surface area contributed by atoms with Crippen LogP contribution >= 0.6 is 0 Å². The van der Waals surface area contributed by atoms with E-state index in [1.54, 1.807) is 0 Å². The molecular weight excluding hydrogens is 316 g/mol. The first-order valence-electron chi connectivity index (χ1n) is 9.25. The summed E-state index contributed by atoms with van der Waals surface area (Å²) in [5.74, 6) is 0.802. The highest BCUT2D eigenvalue weighted by atomic mass is 16.2. The maximum absolute atomic E-state index is 12.8. The quantitative estimate of drug-likeness (QED) is 0.913. The number of fused-ring (bicyclic) bond motifs is 1. The molecule has 132 valence electrons. The standard InChI is InChI=1S/C19H24N4O2/c24-18(14-6-1-2-7-14)22-10-5-11-23(13-12-22)19(25)17-20-15-8-3-4-9-16(15)21-17/h3-4,8-9,14H,1-2,5-7,10-13H2,(H,20,21). The molecule has 4 rings (SSSR count). The molecule has 1 aromatic heterocycles. The number of hydrogen-bond acceptors (Lipinski definition) is 3. The van der Waals surface area contributed by atoms with E-state index in [4.69, 9.17) is 0 Å². The van der Waals surface area contributed by atoms with Crippen molar-refractivity contribution in [2.24, 2.45) is 5.92 Å². The van der Waals surface area contributed by atoms with Gasteiger partial charge in [-0.2, -0.15) is 0 Å². The first-order valence-corrected chi connectivity index (χ1v) is 9.25. The third-order valence-electron chi connectivity index (χ3n) is 5.39. The Morgan fingerprint density at radius 2 is 1.68 bits per heavy atom. The molecule has 1 saturated heterocycles. The topological polar surface area (TPSA) is 69.3 Å². The molecular formula is C19H24N4O2. The van der Waals surface area contributed by atoms with Crippen molar-refractivity contribution in [1.29, 1.82) is 0 Å². The largest absolute Gasteiger partial charge is 0.341 e. The summed E-state index contributed by atoms with van der Waals surface area (Å²) >= 11 is 0. The summed E-state index contributed by atoms with van der Waals surface area (Å²) in [6.45, 7) is 2.62. The molecule has 6 heteroatoms. The molecule has 1 N–H and O–H groups in total. The van der Waals surface area contributed by atoms with E-state index in [1.807, 2.05) is 34.1 Å². The van der Waals surface area contributed by atoms with Gasteiger partial charge in [0.1, 0.15) is 0 Å². The minimum absolute atomic E-state index is 0.0774. The van der Waals surface area contributed by atoms with Gasteiger partial charge < -0.3 is 14.8 Å². The highest BCUT2D eigenvalue weighted by molar-refractivity contribution is 5.94. The summed E-state index contributed by atoms with van der Waals surface area (Å²) in [6, 6.07) is 7.65. The number of nitrogens with one attached hydrogen (secondary N) is 1. The Hall–Kier alpha value is -2.37. The van der Waals surface area contributed by atoms with Gasteiger partial charge >= 0.3 is 0 Å². The monoisotopic (exact) mass is 340 g/mol. The van der Waals surface area contributed by atoms with Gasteiger partial charge in [0.05, 0.1) is 11.0 Å². The second kappa shape index (κ2) is 6.86. The van der Waals surface area contributed by atoms with Gasteiger partial charge in [-0.15, -0.1) is 0 Å². The molecule has 2 fully saturated rings. The van der Waals surface area contributed by atoms with Crippen LogP contribution in [0.3, 0.4) is 0 Å². The Morgan fingerprint density at radius 1 is 0.960 bits per heavy atom. The molecule has 2 heterocycles. The van der Waals surface area contributed by atoms with Gasteiger partial charge in [0.15, 0.2) is 5.82 Å². The lowest BCUT2D eigenvalue weighted by Gasteiger charge is -2.24. The van der Waals surface area contributed by atoms with Gasteiger partial charge in [-0.25, -0.2) is 4.98 Å². The smallest absolute Gasteiger partial charge is 0.289 e. The number of carbonyl (C=O) groups is 2. The maximum Gasteiger partial charge on any atom is 0.289 e. The fourth-order valence-corrected chi connectivity index (χ4v) is 3.98. The fourth-order valence-electron chi connectivity index (χ4n) is 3.98. The molecule has 2 aliphatic rings. The number of para-hydroxylation sites is 2. The Labute approximate surface area is 147 Å². The second-order valence-electron chi connectivity index (χ2n) is 7.05. The van der Waals surface area contributed by atoms with Crippen LogP contribution in [0.2, 0.25) is 0 Å². The van der Waals surface area contributed by atoms with Crippen molar-refractivity contribution in [3.8, 4) is 0 Å². The van der Waals surface area contributed by atoms with Crippen LogP contribution < -0.4 is 0 Å². The lowest BCUT2D eigenvalue weighted by molar-refractivity contribution is -0.135. The average Bonchev–Trinajstić information content (AvgIpc) is 3.25. The fraction of sp³-hybridized carbons (Fsp3) is 0.526. The summed E-state index contributed by atoms with van der Waals surface area (Å²) in [6.07, 6.45) is 5.21. The van der Waals surface area contributed by atoms with Crippen molar-refractivity contribution in [1.82, 2.24) is 19.8 Å². The van der Waals surface area contributed by atoms with Gasteiger partial charge in [-0.05, 0) is 31.4 Å². The van der Waals surface area contributed by atoms with Crippen LogP contribution in [-0.4, -0.2) is 57.8 Å². The van der Waals surface area contributed by atoms with E-state index in [-0.39, 0.29) is 17.7 Å². The van der Waals surface area contributed by atoms with Crippen LogP contribution in [0, 0.1) is 5.92 Å². The van der Waals surface area contributed by atoms with E-state index in [0.717, 1.165) is 36.8 Å². The number of H-pyrrole nitrogens is 1. The van der Waals surface area contributed by atoms with E-state index in [0.29, 0.717) is 25.5 Å². The zero-order valence-corrected chi connectivity index (χ0v) is 14.4. The Kier molecular flexibility index (Phi) is 4.42. The molecule has 0 radical (unpaired) electrons. The summed E-state index contributed by atoms with van der Waals surface area (Å²) in [4.78, 5) is 36.7. The zero-order chi connectivity index (χ0) is 17.2. The van der Waals surface area contributed by atoms with Crippen molar-refractivity contribution >= 4 is 22.8 Å². The van der Waals surface area contributed by atoms with Crippen LogP contribution in [0.15, 0.2) is 24.3 Å². The number of imidazole rings is 1. The molecule has 0 atom stereocenters. The van der Waals surface area contributed by atoms with Crippen molar-refractivity contribution < 1.29 is 9.59 Å². The van der Waals surface area contributed by atoms with E-state index in [1.165, 1.54) is 12.8 Å². The van der Waals surface area contributed by atoms with Gasteiger partial charge in [0.2, 0.25) is 5.91 Å². The number of amides is 2. The third kappa shape index (κ3) is 3.25. The predicted octanol–water partition coefficient (Wildman–Crippen LogP) is 2.43. The van der Waals surface area contributed by atoms with Gasteiger partial charge in [0.25, 0.3) is 5.91 Å². The lowest BCUT2D eigenvalue weighted by atomic mass is 10.1. The number of nitrogens with zero attached hydrogens (tertiary/aromatic N) is 3. The highest BCUT2D eigenvalue weighted by Gasteiger charge is 2.29. The van der Waals surface area contributed by atoms with Gasteiger partial charge in [-0.3, -0.25) is 9.59 Å². The Bertz CT molecular complexity index is 746. The molecule has 0 unspecified atom stereocenters. The highest BCUT2D eigenvalue weighted by Crippen LogP contribution is 2.27. The number of rotatable bonds is 2. The van der Waals surface area contributed by atoms with Gasteiger partial charge in [-0.1, -0.05) is 25.0 Å². The Morgan fingerprint density at radius 3 is 2.48 bits per heavy atom. The van der Waals surface area contributed by atoms with Crippen molar-refractivity contribution in [3.05, 3.63) is 30.1 Å². The summed E-state index contributed by atoms with van der Waals surface area (Å²) in [7, 11) is 0. The molecule has 1 aliphatic carbocycles. The van der Waals surface area contributed by atoms with Crippen molar-refractivity contribution in [2.75, 3.05) is 26.2 Å². The van der Waals surface area contributed by atoms with Crippen LogP contribution in [-0.2, 0) is 4.79 Å². The average molecular weight is 340 g/mol. The van der Waals surface area contributed by atoms with Crippen LogP contribution in [0.5, 0.6) is 0 Å². The first kappa shape index (κ1) is 16.1. The molecule has 0 bridgehead atoms. The number of carbonyl (C=O) groups excluding carboxylic acids is 2. The van der Waals surface area contributed by atoms with Gasteiger partial charge in [0, 0.05) is 32.1 Å². The molecule has 2 aromatic rings. The summed E-state index contributed by atoms with van der Waals surface area (Å²) < 4.78 is 0. The van der Waals surface area contributed by atoms with Crippen LogP contribution in [0.4, 0.5) is 0 Å². The zero-order valence-electron chi connectivity index (χ0n) is 14.4. The number of aromatic amines is 1. The SMILES string of the molecule is O=C(c1nc2ccccc2[nH]1)N1CCCN(C(=O)C2CCCC2)CC1. The predicted molar refractivity (Wildman–Crippen MR) is 95.2 cm³/mol. The molecule has 25 heavy (non-hydrogen) atoms. The van der Waals surface area contributed by atoms with E-state index in [2.05, 4.69) is 9.97 Å².